The molecule has 1 aliphatic carbocycles. The molecule has 0 saturated heterocycles. The topological polar surface area (TPSA) is 175 Å². The molecule has 65 heavy (non-hydrogen) atoms. The van der Waals surface area contributed by atoms with Crippen LogP contribution in [0, 0.1) is 0 Å². The Morgan fingerprint density at radius 2 is 0.754 bits per heavy atom. The molecule has 0 spiro atoms. The lowest BCUT2D eigenvalue weighted by molar-refractivity contribution is -0.145. The lowest BCUT2D eigenvalue weighted by atomic mass is 9.98. The van der Waals surface area contributed by atoms with Crippen molar-refractivity contribution in [3.8, 4) is 11.1 Å². The number of amides is 1. The average molecular weight is 924 g/mol. The number of carbonyl (C=O) groups is 2. The molecule has 0 aliphatic heterocycles. The minimum Gasteiger partial charge on any atom is -0.463 e. The molecule has 17 heteroatoms. The van der Waals surface area contributed by atoms with Gasteiger partial charge in [-0.25, -0.2) is 4.79 Å². The molecule has 0 heterocycles. The van der Waals surface area contributed by atoms with E-state index in [2.05, 4.69) is 36.5 Å². The first-order valence-corrected chi connectivity index (χ1v) is 23.4. The van der Waals surface area contributed by atoms with Crippen LogP contribution in [0.25, 0.3) is 11.1 Å². The summed E-state index contributed by atoms with van der Waals surface area (Å²) < 4.78 is 76.7. The van der Waals surface area contributed by atoms with Crippen LogP contribution < -0.4 is 5.32 Å². The second-order valence-electron chi connectivity index (χ2n) is 14.6. The molecule has 0 fully saturated rings. The van der Waals surface area contributed by atoms with E-state index in [1.165, 1.54) is 22.3 Å². The van der Waals surface area contributed by atoms with Crippen molar-refractivity contribution in [2.24, 2.45) is 0 Å². The van der Waals surface area contributed by atoms with E-state index in [0.29, 0.717) is 185 Å². The van der Waals surface area contributed by atoms with Crippen LogP contribution in [-0.4, -0.2) is 190 Å². The lowest BCUT2D eigenvalue weighted by Gasteiger charge is -2.14. The number of alkyl carbamates (subject to hydrolysis) is 1. The molecule has 0 unspecified atom stereocenters. The van der Waals surface area contributed by atoms with Crippen molar-refractivity contribution < 1.29 is 75.9 Å². The largest absolute Gasteiger partial charge is 0.463 e. The van der Waals surface area contributed by atoms with Gasteiger partial charge in [0.25, 0.3) is 0 Å². The van der Waals surface area contributed by atoms with Crippen LogP contribution >= 0.6 is 0 Å². The smallest absolute Gasteiger partial charge is 0.407 e. The molecule has 0 aromatic heterocycles. The van der Waals surface area contributed by atoms with Gasteiger partial charge in [0.05, 0.1) is 152 Å². The van der Waals surface area contributed by atoms with Crippen LogP contribution in [0.5, 0.6) is 0 Å². The molecule has 0 bridgehead atoms. The number of benzene rings is 2. The Morgan fingerprint density at radius 1 is 0.415 bits per heavy atom. The Balaban J connectivity index is 0.906. The van der Waals surface area contributed by atoms with Crippen molar-refractivity contribution in [1.82, 2.24) is 5.32 Å². The van der Waals surface area contributed by atoms with E-state index in [0.717, 1.165) is 19.3 Å². The second kappa shape index (κ2) is 40.9. The number of fused-ring (bicyclic) bond motifs is 3. The van der Waals surface area contributed by atoms with Gasteiger partial charge in [-0.1, -0.05) is 68.3 Å². The molecular weight excluding hydrogens is 847 g/mol. The van der Waals surface area contributed by atoms with Gasteiger partial charge in [0.15, 0.2) is 0 Å². The second-order valence-corrected chi connectivity index (χ2v) is 14.6. The number of carbonyl (C=O) groups excluding carboxylic acids is 2. The minimum absolute atomic E-state index is 0.0446. The number of nitrogens with one attached hydrogen (secondary N) is 1. The number of esters is 1. The van der Waals surface area contributed by atoms with Crippen molar-refractivity contribution in [3.05, 3.63) is 59.7 Å². The van der Waals surface area contributed by atoms with Crippen molar-refractivity contribution in [3.63, 3.8) is 0 Å². The van der Waals surface area contributed by atoms with E-state index in [9.17, 15) is 9.59 Å². The summed E-state index contributed by atoms with van der Waals surface area (Å²) in [5.74, 6) is -0.120. The van der Waals surface area contributed by atoms with E-state index in [1.54, 1.807) is 0 Å². The van der Waals surface area contributed by atoms with Crippen LogP contribution in [0.4, 0.5) is 4.79 Å². The van der Waals surface area contributed by atoms with Gasteiger partial charge in [0.1, 0.15) is 13.2 Å². The maximum atomic E-state index is 12.3. The summed E-state index contributed by atoms with van der Waals surface area (Å²) in [5, 5.41) is 2.81. The van der Waals surface area contributed by atoms with Crippen molar-refractivity contribution in [2.75, 3.05) is 178 Å². The summed E-state index contributed by atoms with van der Waals surface area (Å²) >= 11 is 0. The lowest BCUT2D eigenvalue weighted by Crippen LogP contribution is -2.27. The van der Waals surface area contributed by atoms with E-state index in [-0.39, 0.29) is 18.5 Å². The summed E-state index contributed by atoms with van der Waals surface area (Å²) in [6.07, 6.45) is 3.73. The average Bonchev–Trinajstić information content (AvgIpc) is 3.64. The normalized spacial score (nSPS) is 12.1. The molecule has 370 valence electrons. The number of rotatable bonds is 46. The fourth-order valence-electron chi connectivity index (χ4n) is 6.34. The van der Waals surface area contributed by atoms with Crippen LogP contribution in [0.3, 0.4) is 0 Å². The quantitative estimate of drug-likeness (QED) is 0.0674. The number of hydrogen-bond acceptors (Lipinski definition) is 16. The standard InChI is InChI=1S/C48H77NO16/c1-2-3-4-14-47(50)64-40-39-63-38-37-62-36-35-61-34-33-60-32-31-59-30-29-58-28-27-57-26-25-56-24-23-55-22-21-54-20-19-53-18-17-52-16-9-15-49-48(51)65-41-46-44-12-7-5-10-42(44)43-11-6-8-13-45(43)46/h5-8,10-13,46H,2-4,9,14-41H2,1H3,(H,49,51). The maximum absolute atomic E-state index is 12.3. The maximum Gasteiger partial charge on any atom is 0.407 e. The van der Waals surface area contributed by atoms with Gasteiger partial charge in [-0.3, -0.25) is 4.79 Å². The van der Waals surface area contributed by atoms with E-state index >= 15 is 0 Å². The predicted octanol–water partition coefficient (Wildman–Crippen LogP) is 5.24. The van der Waals surface area contributed by atoms with Gasteiger partial charge in [0.2, 0.25) is 0 Å². The van der Waals surface area contributed by atoms with Gasteiger partial charge in [-0.2, -0.15) is 0 Å². The summed E-state index contributed by atoms with van der Waals surface area (Å²) in [7, 11) is 0. The Morgan fingerprint density at radius 3 is 1.12 bits per heavy atom. The van der Waals surface area contributed by atoms with Crippen molar-refractivity contribution in [1.29, 1.82) is 0 Å². The zero-order chi connectivity index (χ0) is 45.9. The first kappa shape index (κ1) is 56.0. The van der Waals surface area contributed by atoms with E-state index in [1.807, 2.05) is 24.3 Å². The molecule has 2 aromatic rings. The van der Waals surface area contributed by atoms with Gasteiger partial charge in [-0.15, -0.1) is 0 Å². The highest BCUT2D eigenvalue weighted by Crippen LogP contribution is 2.44. The highest BCUT2D eigenvalue weighted by atomic mass is 16.6. The third-order valence-corrected chi connectivity index (χ3v) is 9.65. The highest BCUT2D eigenvalue weighted by Gasteiger charge is 2.29. The van der Waals surface area contributed by atoms with Crippen LogP contribution in [0.1, 0.15) is 56.1 Å². The number of unbranched alkanes of at least 4 members (excludes halogenated alkanes) is 2. The van der Waals surface area contributed by atoms with Gasteiger partial charge < -0.3 is 71.6 Å². The molecule has 0 atom stereocenters. The fraction of sp³-hybridized carbons (Fsp3) is 0.708. The molecule has 1 aliphatic rings. The molecule has 1 amide bonds. The molecule has 17 nitrogen and oxygen atoms in total. The summed E-state index contributed by atoms with van der Waals surface area (Å²) in [6, 6.07) is 16.6. The molecule has 0 saturated carbocycles. The Labute approximate surface area is 386 Å². The third kappa shape index (κ3) is 29.2. The first-order valence-electron chi connectivity index (χ1n) is 23.4. The molecule has 3 rings (SSSR count). The fourth-order valence-corrected chi connectivity index (χ4v) is 6.34. The Hall–Kier alpha value is -3.30. The number of hydrogen-bond donors (Lipinski definition) is 1. The molecule has 1 N–H and O–H groups in total. The Kier molecular flexibility index (Phi) is 35.3. The third-order valence-electron chi connectivity index (χ3n) is 9.65. The van der Waals surface area contributed by atoms with Gasteiger partial charge in [0, 0.05) is 25.5 Å². The first-order chi connectivity index (χ1) is 32.2. The molecule has 2 aromatic carbocycles. The van der Waals surface area contributed by atoms with Crippen LogP contribution in [0.15, 0.2) is 48.5 Å². The van der Waals surface area contributed by atoms with E-state index in [4.69, 9.17) is 66.3 Å². The summed E-state index contributed by atoms with van der Waals surface area (Å²) in [5.41, 5.74) is 4.80. The van der Waals surface area contributed by atoms with Crippen molar-refractivity contribution >= 4 is 12.1 Å². The SMILES string of the molecule is CCCCCC(=O)OCCOCCOCCOCCOCCOCCOCCOCCOCCOCCOCCOCCOCCCNC(=O)OCC1c2ccccc2-c2ccccc21. The monoisotopic (exact) mass is 924 g/mol. The summed E-state index contributed by atoms with van der Waals surface area (Å²) in [4.78, 5) is 23.8. The van der Waals surface area contributed by atoms with Crippen LogP contribution in [0.2, 0.25) is 0 Å². The van der Waals surface area contributed by atoms with E-state index < -0.39 is 6.09 Å². The molecular formula is C48H77NO16. The zero-order valence-electron chi connectivity index (χ0n) is 38.9. The predicted molar refractivity (Wildman–Crippen MR) is 243 cm³/mol. The Bertz CT molecular complexity index is 1390. The number of ether oxygens (including phenoxy) is 14. The van der Waals surface area contributed by atoms with Crippen molar-refractivity contribution in [2.45, 2.75) is 44.9 Å². The zero-order valence-corrected chi connectivity index (χ0v) is 38.9. The minimum atomic E-state index is -0.419. The van der Waals surface area contributed by atoms with Gasteiger partial charge in [-0.05, 0) is 35.1 Å². The highest BCUT2D eigenvalue weighted by molar-refractivity contribution is 5.79. The van der Waals surface area contributed by atoms with Crippen LogP contribution in [-0.2, 0) is 71.1 Å². The summed E-state index contributed by atoms with van der Waals surface area (Å²) in [6.45, 7) is 14.6. The van der Waals surface area contributed by atoms with Gasteiger partial charge >= 0.3 is 12.1 Å². The molecule has 0 radical (unpaired) electrons.